The zero-order valence-electron chi connectivity index (χ0n) is 17.6. The quantitative estimate of drug-likeness (QED) is 0.432. The molecule has 0 unspecified atom stereocenters. The normalized spacial score (nSPS) is 18.5. The van der Waals surface area contributed by atoms with Crippen LogP contribution >= 0.6 is 23.4 Å². The number of para-hydroxylation sites is 1. The van der Waals surface area contributed by atoms with Crippen LogP contribution in [-0.2, 0) is 4.79 Å². The highest BCUT2D eigenvalue weighted by Gasteiger charge is 2.36. The van der Waals surface area contributed by atoms with Crippen LogP contribution in [0.25, 0.3) is 6.08 Å². The Hall–Kier alpha value is -2.74. The van der Waals surface area contributed by atoms with Crippen molar-refractivity contribution in [2.45, 2.75) is 0 Å². The zero-order chi connectivity index (χ0) is 22.5. The fourth-order valence-electron chi connectivity index (χ4n) is 3.66. The molecule has 0 aliphatic carbocycles. The minimum Gasteiger partial charge on any atom is -0.489 e. The molecule has 0 atom stereocenters. The molecule has 0 N–H and O–H groups in total. The van der Waals surface area contributed by atoms with Gasteiger partial charge in [-0.3, -0.25) is 19.4 Å². The molecule has 6 nitrogen and oxygen atoms in total. The number of hydrogen-bond donors (Lipinski definition) is 0. The summed E-state index contributed by atoms with van der Waals surface area (Å²) < 4.78 is 5.66. The van der Waals surface area contributed by atoms with Crippen molar-refractivity contribution in [2.24, 2.45) is 0 Å². The van der Waals surface area contributed by atoms with Gasteiger partial charge in [-0.15, -0.1) is 0 Å². The average molecular weight is 470 g/mol. The van der Waals surface area contributed by atoms with Crippen molar-refractivity contribution in [3.05, 3.63) is 76.7 Å². The van der Waals surface area contributed by atoms with Crippen molar-refractivity contribution in [2.75, 3.05) is 44.4 Å². The predicted octanol–water partition coefficient (Wildman–Crippen LogP) is 4.72. The summed E-state index contributed by atoms with van der Waals surface area (Å²) in [5.41, 5.74) is 1.85. The first-order chi connectivity index (χ1) is 15.5. The zero-order valence-corrected chi connectivity index (χ0v) is 19.1. The van der Waals surface area contributed by atoms with E-state index < -0.39 is 0 Å². The topological polar surface area (TPSA) is 53.1 Å². The first kappa shape index (κ1) is 22.5. The van der Waals surface area contributed by atoms with Gasteiger partial charge in [-0.2, -0.15) is 0 Å². The summed E-state index contributed by atoms with van der Waals surface area (Å²) in [6.07, 6.45) is 3.39. The Bertz CT molecular complexity index is 1050. The minimum absolute atomic E-state index is 0.247. The number of anilines is 1. The monoisotopic (exact) mass is 469 g/mol. The molecule has 2 saturated heterocycles. The van der Waals surface area contributed by atoms with Crippen LogP contribution in [0.3, 0.4) is 0 Å². The van der Waals surface area contributed by atoms with Crippen molar-refractivity contribution in [3.63, 3.8) is 0 Å². The van der Waals surface area contributed by atoms with Crippen molar-refractivity contribution in [1.82, 2.24) is 9.80 Å². The Morgan fingerprint density at radius 1 is 1.06 bits per heavy atom. The number of piperazine rings is 1. The molecule has 4 rings (SSSR count). The Balaban J connectivity index is 1.39. The summed E-state index contributed by atoms with van der Waals surface area (Å²) in [6, 6.07) is 15.2. The molecular formula is C24H24ClN3O3S. The molecule has 2 aliphatic rings. The highest BCUT2D eigenvalue weighted by molar-refractivity contribution is 8.18. The number of hydrogen-bond acceptors (Lipinski definition) is 6. The number of rotatable bonds is 7. The molecular weight excluding hydrogens is 446 g/mol. The van der Waals surface area contributed by atoms with Gasteiger partial charge in [-0.05, 0) is 42.1 Å². The summed E-state index contributed by atoms with van der Waals surface area (Å²) in [5, 5.41) is 0.467. The van der Waals surface area contributed by atoms with Gasteiger partial charge < -0.3 is 9.64 Å². The molecule has 0 aromatic heterocycles. The number of carbonyl (C=O) groups is 2. The van der Waals surface area contributed by atoms with Gasteiger partial charge in [0, 0.05) is 42.5 Å². The number of benzene rings is 2. The van der Waals surface area contributed by atoms with Crippen LogP contribution in [-0.4, -0.2) is 60.4 Å². The van der Waals surface area contributed by atoms with Crippen molar-refractivity contribution in [1.29, 1.82) is 0 Å². The van der Waals surface area contributed by atoms with Crippen LogP contribution in [0.15, 0.2) is 66.1 Å². The van der Waals surface area contributed by atoms with E-state index in [4.69, 9.17) is 16.3 Å². The fraction of sp³-hybridized carbons (Fsp3) is 0.250. The molecule has 8 heteroatoms. The second-order valence-corrected chi connectivity index (χ2v) is 8.90. The molecule has 166 valence electrons. The van der Waals surface area contributed by atoms with E-state index in [0.717, 1.165) is 49.2 Å². The molecule has 0 saturated carbocycles. The third-order valence-electron chi connectivity index (χ3n) is 5.32. The van der Waals surface area contributed by atoms with Gasteiger partial charge in [-0.1, -0.05) is 48.5 Å². The van der Waals surface area contributed by atoms with Crippen LogP contribution in [0.5, 0.6) is 5.75 Å². The second-order valence-electron chi connectivity index (χ2n) is 7.47. The summed E-state index contributed by atoms with van der Waals surface area (Å²) in [4.78, 5) is 31.6. The number of imide groups is 1. The van der Waals surface area contributed by atoms with Gasteiger partial charge in [0.05, 0.1) is 11.6 Å². The van der Waals surface area contributed by atoms with Crippen molar-refractivity contribution < 1.29 is 14.3 Å². The molecule has 2 heterocycles. The van der Waals surface area contributed by atoms with Crippen LogP contribution in [0.2, 0.25) is 5.02 Å². The molecule has 0 radical (unpaired) electrons. The molecule has 2 aromatic rings. The van der Waals surface area contributed by atoms with Gasteiger partial charge >= 0.3 is 0 Å². The van der Waals surface area contributed by atoms with E-state index in [0.29, 0.717) is 29.0 Å². The summed E-state index contributed by atoms with van der Waals surface area (Å²) >= 11 is 7.07. The molecule has 2 aromatic carbocycles. The SMILES string of the molecule is C=CCOc1ccccc1/C=C1\SC(=O)N(CN2CCN(c3cccc(Cl)c3)CC2)C1=O. The lowest BCUT2D eigenvalue weighted by atomic mass is 10.2. The van der Waals surface area contributed by atoms with E-state index in [1.54, 1.807) is 12.2 Å². The Kier molecular flexibility index (Phi) is 7.19. The highest BCUT2D eigenvalue weighted by atomic mass is 35.5. The number of halogens is 1. The van der Waals surface area contributed by atoms with Gasteiger partial charge in [0.25, 0.3) is 11.1 Å². The van der Waals surface area contributed by atoms with Gasteiger partial charge in [0.1, 0.15) is 12.4 Å². The molecule has 32 heavy (non-hydrogen) atoms. The lowest BCUT2D eigenvalue weighted by molar-refractivity contribution is -0.124. The van der Waals surface area contributed by atoms with Gasteiger partial charge in [0.2, 0.25) is 0 Å². The predicted molar refractivity (Wildman–Crippen MR) is 130 cm³/mol. The summed E-state index contributed by atoms with van der Waals surface area (Å²) in [7, 11) is 0. The third-order valence-corrected chi connectivity index (χ3v) is 6.47. The minimum atomic E-state index is -0.268. The number of nitrogens with zero attached hydrogens (tertiary/aromatic N) is 3. The van der Waals surface area contributed by atoms with Crippen LogP contribution in [0, 0.1) is 0 Å². The van der Waals surface area contributed by atoms with E-state index in [1.165, 1.54) is 4.90 Å². The lowest BCUT2D eigenvalue weighted by Crippen LogP contribution is -2.50. The lowest BCUT2D eigenvalue weighted by Gasteiger charge is -2.37. The standard InChI is InChI=1S/C24H24ClN3O3S/c1-2-14-31-21-9-4-3-6-18(21)15-22-23(29)28(24(30)32-22)17-26-10-12-27(13-11-26)20-8-5-7-19(25)16-20/h2-9,15-16H,1,10-14,17H2/b22-15-. The third kappa shape index (κ3) is 5.18. The van der Waals surface area contributed by atoms with Crippen LogP contribution in [0.1, 0.15) is 5.56 Å². The first-order valence-corrected chi connectivity index (χ1v) is 11.6. The Morgan fingerprint density at radius 3 is 2.59 bits per heavy atom. The van der Waals surface area contributed by atoms with Crippen LogP contribution in [0.4, 0.5) is 10.5 Å². The van der Waals surface area contributed by atoms with E-state index in [-0.39, 0.29) is 11.1 Å². The van der Waals surface area contributed by atoms with Gasteiger partial charge in [-0.25, -0.2) is 0 Å². The molecule has 2 fully saturated rings. The molecule has 2 aliphatic heterocycles. The summed E-state index contributed by atoms with van der Waals surface area (Å²) in [6.45, 7) is 7.44. The van der Waals surface area contributed by atoms with Crippen LogP contribution < -0.4 is 9.64 Å². The largest absolute Gasteiger partial charge is 0.489 e. The van der Waals surface area contributed by atoms with Gasteiger partial charge in [0.15, 0.2) is 0 Å². The average Bonchev–Trinajstić information content (AvgIpc) is 3.06. The maximum absolute atomic E-state index is 12.9. The Morgan fingerprint density at radius 2 is 1.84 bits per heavy atom. The maximum Gasteiger partial charge on any atom is 0.294 e. The van der Waals surface area contributed by atoms with E-state index in [2.05, 4.69) is 16.4 Å². The smallest absolute Gasteiger partial charge is 0.294 e. The molecule has 0 spiro atoms. The second kappa shape index (κ2) is 10.3. The Labute approximate surface area is 197 Å². The van der Waals surface area contributed by atoms with E-state index >= 15 is 0 Å². The number of carbonyl (C=O) groups excluding carboxylic acids is 2. The molecule has 0 bridgehead atoms. The van der Waals surface area contributed by atoms with E-state index in [1.807, 2.05) is 48.5 Å². The first-order valence-electron chi connectivity index (χ1n) is 10.4. The highest BCUT2D eigenvalue weighted by Crippen LogP contribution is 2.34. The van der Waals surface area contributed by atoms with Crippen molar-refractivity contribution >= 4 is 46.3 Å². The number of amides is 2. The summed E-state index contributed by atoms with van der Waals surface area (Å²) in [5.74, 6) is 0.382. The van der Waals surface area contributed by atoms with Crippen molar-refractivity contribution in [3.8, 4) is 5.75 Å². The maximum atomic E-state index is 12.9. The number of ether oxygens (including phenoxy) is 1. The number of thioether (sulfide) groups is 1. The fourth-order valence-corrected chi connectivity index (χ4v) is 4.67. The molecule has 2 amide bonds. The van der Waals surface area contributed by atoms with E-state index in [9.17, 15) is 9.59 Å².